The van der Waals surface area contributed by atoms with E-state index >= 15 is 0 Å². The zero-order valence-corrected chi connectivity index (χ0v) is 20.0. The van der Waals surface area contributed by atoms with Gasteiger partial charge in [0.25, 0.3) is 0 Å². The lowest BCUT2D eigenvalue weighted by atomic mass is 10.0. The molecule has 1 aromatic rings. The number of carbonyl (C=O) groups excluding carboxylic acids is 3. The maximum absolute atomic E-state index is 13.4. The second-order valence-corrected chi connectivity index (χ2v) is 8.72. The van der Waals surface area contributed by atoms with Crippen LogP contribution in [0.3, 0.4) is 0 Å². The van der Waals surface area contributed by atoms with Crippen LogP contribution in [0.4, 0.5) is 4.79 Å². The smallest absolute Gasteiger partial charge is 0.408 e. The molecular formula is C24H39N3O5. The van der Waals surface area contributed by atoms with Gasteiger partial charge in [0.05, 0.1) is 6.61 Å². The molecule has 0 radical (unpaired) electrons. The summed E-state index contributed by atoms with van der Waals surface area (Å²) >= 11 is 0. The van der Waals surface area contributed by atoms with Gasteiger partial charge >= 0.3 is 6.09 Å². The molecule has 0 saturated heterocycles. The minimum absolute atomic E-state index is 0.289. The molecule has 0 aliphatic rings. The molecule has 0 saturated carbocycles. The standard InChI is InChI=1S/C24H39N3O5/c1-6-8-15-25-21(29)20(18-13-11-10-12-14-18)27(16-9-7-2)22(30)19(17-28)26-23(31)32-24(3,4)5/h10-14,19-20,28H,6-9,15-17H2,1-5H3,(H,25,29)(H,26,31). The second kappa shape index (κ2) is 13.7. The number of hydrogen-bond donors (Lipinski definition) is 3. The van der Waals surface area contributed by atoms with Crippen LogP contribution < -0.4 is 10.6 Å². The number of unbranched alkanes of at least 4 members (excludes halogenated alkanes) is 2. The number of rotatable bonds is 12. The van der Waals surface area contributed by atoms with Crippen molar-refractivity contribution in [1.82, 2.24) is 15.5 Å². The quantitative estimate of drug-likeness (QED) is 0.425. The number of aliphatic hydroxyl groups excluding tert-OH is 1. The molecule has 0 aliphatic heterocycles. The molecular weight excluding hydrogens is 410 g/mol. The molecule has 3 amide bonds. The third kappa shape index (κ3) is 9.26. The Morgan fingerprint density at radius 1 is 1.06 bits per heavy atom. The number of hydrogen-bond acceptors (Lipinski definition) is 5. The summed E-state index contributed by atoms with van der Waals surface area (Å²) < 4.78 is 5.23. The molecule has 0 aliphatic carbocycles. The van der Waals surface area contributed by atoms with E-state index < -0.39 is 36.3 Å². The number of benzene rings is 1. The number of alkyl carbamates (subject to hydrolysis) is 1. The average Bonchev–Trinajstić information content (AvgIpc) is 2.74. The van der Waals surface area contributed by atoms with Gasteiger partial charge < -0.3 is 25.4 Å². The van der Waals surface area contributed by atoms with Gasteiger partial charge in [0.2, 0.25) is 11.8 Å². The van der Waals surface area contributed by atoms with Crippen LogP contribution in [0.2, 0.25) is 0 Å². The normalized spacial score (nSPS) is 13.1. The first-order chi connectivity index (χ1) is 15.1. The fraction of sp³-hybridized carbons (Fsp3) is 0.625. The summed E-state index contributed by atoms with van der Waals surface area (Å²) in [5.74, 6) is -0.825. The Morgan fingerprint density at radius 3 is 2.22 bits per heavy atom. The lowest BCUT2D eigenvalue weighted by Gasteiger charge is -2.34. The summed E-state index contributed by atoms with van der Waals surface area (Å²) in [6.45, 7) is 9.36. The van der Waals surface area contributed by atoms with E-state index in [9.17, 15) is 19.5 Å². The number of ether oxygens (including phenoxy) is 1. The van der Waals surface area contributed by atoms with Crippen molar-refractivity contribution in [1.29, 1.82) is 0 Å². The molecule has 0 heterocycles. The molecule has 8 heteroatoms. The highest BCUT2D eigenvalue weighted by Crippen LogP contribution is 2.23. The predicted octanol–water partition coefficient (Wildman–Crippen LogP) is 3.16. The molecule has 2 unspecified atom stereocenters. The van der Waals surface area contributed by atoms with E-state index in [4.69, 9.17) is 4.74 Å². The van der Waals surface area contributed by atoms with E-state index in [0.29, 0.717) is 25.1 Å². The van der Waals surface area contributed by atoms with Crippen molar-refractivity contribution in [3.05, 3.63) is 35.9 Å². The minimum atomic E-state index is -1.23. The Balaban J connectivity index is 3.22. The molecule has 0 aromatic heterocycles. The summed E-state index contributed by atoms with van der Waals surface area (Å²) in [5.41, 5.74) is -0.0827. The van der Waals surface area contributed by atoms with Crippen LogP contribution in [0.1, 0.15) is 71.9 Å². The molecule has 32 heavy (non-hydrogen) atoms. The van der Waals surface area contributed by atoms with Crippen molar-refractivity contribution in [3.8, 4) is 0 Å². The Morgan fingerprint density at radius 2 is 1.69 bits per heavy atom. The van der Waals surface area contributed by atoms with Crippen molar-refractivity contribution < 1.29 is 24.2 Å². The van der Waals surface area contributed by atoms with Crippen LogP contribution in [-0.2, 0) is 14.3 Å². The van der Waals surface area contributed by atoms with Crippen molar-refractivity contribution in [2.45, 2.75) is 78.0 Å². The molecule has 8 nitrogen and oxygen atoms in total. The summed E-state index contributed by atoms with van der Waals surface area (Å²) in [7, 11) is 0. The van der Waals surface area contributed by atoms with Gasteiger partial charge in [-0.3, -0.25) is 9.59 Å². The van der Waals surface area contributed by atoms with E-state index in [-0.39, 0.29) is 5.91 Å². The van der Waals surface area contributed by atoms with Crippen molar-refractivity contribution in [3.63, 3.8) is 0 Å². The van der Waals surface area contributed by atoms with Gasteiger partial charge in [0.15, 0.2) is 0 Å². The number of carbonyl (C=O) groups is 3. The zero-order valence-electron chi connectivity index (χ0n) is 20.0. The highest BCUT2D eigenvalue weighted by Gasteiger charge is 2.35. The van der Waals surface area contributed by atoms with Crippen molar-refractivity contribution >= 4 is 17.9 Å². The summed E-state index contributed by atoms with van der Waals surface area (Å²) in [4.78, 5) is 40.3. The molecule has 1 rings (SSSR count). The van der Waals surface area contributed by atoms with Gasteiger partial charge in [-0.2, -0.15) is 0 Å². The topological polar surface area (TPSA) is 108 Å². The van der Waals surface area contributed by atoms with E-state index in [1.165, 1.54) is 4.90 Å². The number of nitrogens with one attached hydrogen (secondary N) is 2. The fourth-order valence-corrected chi connectivity index (χ4v) is 3.12. The van der Waals surface area contributed by atoms with Gasteiger partial charge in [0.1, 0.15) is 17.7 Å². The predicted molar refractivity (Wildman–Crippen MR) is 124 cm³/mol. The molecule has 180 valence electrons. The van der Waals surface area contributed by atoms with Crippen LogP contribution in [0.25, 0.3) is 0 Å². The highest BCUT2D eigenvalue weighted by molar-refractivity contribution is 5.92. The molecule has 0 spiro atoms. The van der Waals surface area contributed by atoms with Crippen molar-refractivity contribution in [2.24, 2.45) is 0 Å². The van der Waals surface area contributed by atoms with Gasteiger partial charge in [-0.05, 0) is 39.2 Å². The number of amides is 3. The Kier molecular flexibility index (Phi) is 11.8. The largest absolute Gasteiger partial charge is 0.444 e. The van der Waals surface area contributed by atoms with Gasteiger partial charge in [0, 0.05) is 13.1 Å². The Bertz CT molecular complexity index is 718. The van der Waals surface area contributed by atoms with Gasteiger partial charge in [-0.25, -0.2) is 4.79 Å². The Hall–Kier alpha value is -2.61. The molecule has 2 atom stereocenters. The second-order valence-electron chi connectivity index (χ2n) is 8.72. The monoisotopic (exact) mass is 449 g/mol. The minimum Gasteiger partial charge on any atom is -0.444 e. The average molecular weight is 450 g/mol. The SMILES string of the molecule is CCCCNC(=O)C(c1ccccc1)N(CCCC)C(=O)C(CO)NC(=O)OC(C)(C)C. The molecule has 0 fully saturated rings. The zero-order chi connectivity index (χ0) is 24.1. The first kappa shape index (κ1) is 27.4. The first-order valence-electron chi connectivity index (χ1n) is 11.4. The van der Waals surface area contributed by atoms with Crippen LogP contribution in [0.15, 0.2) is 30.3 Å². The lowest BCUT2D eigenvalue weighted by molar-refractivity contribution is -0.143. The van der Waals surface area contributed by atoms with Crippen LogP contribution >= 0.6 is 0 Å². The molecule has 1 aromatic carbocycles. The summed E-state index contributed by atoms with van der Waals surface area (Å²) in [6.07, 6.45) is 2.44. The van der Waals surface area contributed by atoms with Gasteiger partial charge in [-0.1, -0.05) is 57.0 Å². The number of nitrogens with zero attached hydrogens (tertiary/aromatic N) is 1. The fourth-order valence-electron chi connectivity index (χ4n) is 3.12. The van der Waals surface area contributed by atoms with Crippen molar-refractivity contribution in [2.75, 3.05) is 19.7 Å². The third-order valence-corrected chi connectivity index (χ3v) is 4.71. The number of aliphatic hydroxyl groups is 1. The van der Waals surface area contributed by atoms with E-state index in [2.05, 4.69) is 10.6 Å². The van der Waals surface area contributed by atoms with Gasteiger partial charge in [-0.15, -0.1) is 0 Å². The van der Waals surface area contributed by atoms with Crippen LogP contribution in [-0.4, -0.2) is 59.3 Å². The summed E-state index contributed by atoms with van der Waals surface area (Å²) in [6, 6.07) is 6.96. The molecule has 0 bridgehead atoms. The Labute approximate surface area is 191 Å². The summed E-state index contributed by atoms with van der Waals surface area (Å²) in [5, 5.41) is 15.2. The lowest BCUT2D eigenvalue weighted by Crippen LogP contribution is -2.54. The van der Waals surface area contributed by atoms with E-state index in [0.717, 1.165) is 19.3 Å². The maximum atomic E-state index is 13.4. The van der Waals surface area contributed by atoms with Crippen LogP contribution in [0.5, 0.6) is 0 Å². The van der Waals surface area contributed by atoms with Crippen LogP contribution in [0, 0.1) is 0 Å². The third-order valence-electron chi connectivity index (χ3n) is 4.71. The maximum Gasteiger partial charge on any atom is 0.408 e. The first-order valence-corrected chi connectivity index (χ1v) is 11.4. The van der Waals surface area contributed by atoms with E-state index in [1.54, 1.807) is 32.9 Å². The molecule has 3 N–H and O–H groups in total. The highest BCUT2D eigenvalue weighted by atomic mass is 16.6. The van der Waals surface area contributed by atoms with E-state index in [1.807, 2.05) is 32.0 Å².